The fourth-order valence-electron chi connectivity index (χ4n) is 4.65. The lowest BCUT2D eigenvalue weighted by Crippen LogP contribution is -2.74. The van der Waals surface area contributed by atoms with Crippen molar-refractivity contribution >= 4 is 23.9 Å². The molecule has 1 heterocycles. The number of hydrogen-bond acceptors (Lipinski definition) is 7. The molecule has 37 heavy (non-hydrogen) atoms. The number of carbonyl (C=O) groups excluding carboxylic acids is 3. The van der Waals surface area contributed by atoms with Gasteiger partial charge in [-0.15, -0.1) is 4.48 Å². The number of amides is 2. The monoisotopic (exact) mass is 519 g/mol. The van der Waals surface area contributed by atoms with E-state index in [1.165, 1.54) is 0 Å². The van der Waals surface area contributed by atoms with E-state index in [-0.39, 0.29) is 19.7 Å². The highest BCUT2D eigenvalue weighted by Gasteiger charge is 2.60. The molecule has 0 radical (unpaired) electrons. The molecular weight excluding hydrogens is 476 g/mol. The molecule has 0 saturated carbocycles. The van der Waals surface area contributed by atoms with Crippen LogP contribution in [0.25, 0.3) is 0 Å². The molecule has 1 aromatic carbocycles. The van der Waals surface area contributed by atoms with Gasteiger partial charge in [-0.25, -0.2) is 9.59 Å². The predicted octanol–water partition coefficient (Wildman–Crippen LogP) is 4.43. The molecule has 1 aliphatic heterocycles. The van der Waals surface area contributed by atoms with Crippen molar-refractivity contribution in [2.45, 2.75) is 90.9 Å². The average Bonchev–Trinajstić information content (AvgIpc) is 2.85. The fourth-order valence-corrected chi connectivity index (χ4v) is 4.65. The minimum absolute atomic E-state index is 0.00529. The van der Waals surface area contributed by atoms with Crippen LogP contribution in [0.2, 0.25) is 0 Å². The maximum Gasteiger partial charge on any atom is 0.524 e. The standard InChI is InChI=1S/C28H42N2O7/c1-5-6-7-8-12-15-22(18-24(31)32)25(33)30(27(35)37-28(2,3)4)17-16-29-19-23(30)26(34)36-20-21-13-10-9-11-14-21/h9-11,13-14,22-23,29H,5-8,12,15-20H2,1-4H3/p+1/t22-,23?,30+/m1/s1. The first-order valence-corrected chi connectivity index (χ1v) is 13.3. The Morgan fingerprint density at radius 1 is 1.08 bits per heavy atom. The van der Waals surface area contributed by atoms with Gasteiger partial charge in [0.25, 0.3) is 0 Å². The van der Waals surface area contributed by atoms with Crippen LogP contribution in [0.3, 0.4) is 0 Å². The Bertz CT molecular complexity index is 913. The maximum atomic E-state index is 14.2. The first-order valence-electron chi connectivity index (χ1n) is 13.3. The minimum Gasteiger partial charge on any atom is -0.481 e. The molecule has 9 nitrogen and oxygen atoms in total. The molecule has 1 saturated heterocycles. The molecule has 0 aliphatic carbocycles. The summed E-state index contributed by atoms with van der Waals surface area (Å²) >= 11 is 0. The predicted molar refractivity (Wildman–Crippen MR) is 138 cm³/mol. The van der Waals surface area contributed by atoms with E-state index in [0.717, 1.165) is 31.2 Å². The summed E-state index contributed by atoms with van der Waals surface area (Å²) in [5.41, 5.74) is -0.133. The Labute approximate surface area is 220 Å². The summed E-state index contributed by atoms with van der Waals surface area (Å²) < 4.78 is 10.4. The number of ether oxygens (including phenoxy) is 2. The van der Waals surface area contributed by atoms with Gasteiger partial charge < -0.3 is 19.9 Å². The zero-order valence-corrected chi connectivity index (χ0v) is 22.7. The number of imide groups is 1. The third-order valence-corrected chi connectivity index (χ3v) is 6.55. The molecular formula is C28H43N2O7+. The number of carboxylic acids is 1. The number of hydrogen-bond donors (Lipinski definition) is 2. The van der Waals surface area contributed by atoms with Crippen LogP contribution in [0.5, 0.6) is 0 Å². The number of benzene rings is 1. The van der Waals surface area contributed by atoms with Crippen molar-refractivity contribution in [2.24, 2.45) is 5.92 Å². The second kappa shape index (κ2) is 14.2. The number of aliphatic carboxylic acids is 1. The van der Waals surface area contributed by atoms with Gasteiger partial charge in [0.1, 0.15) is 18.8 Å². The van der Waals surface area contributed by atoms with Gasteiger partial charge in [0.15, 0.2) is 0 Å². The van der Waals surface area contributed by atoms with E-state index in [4.69, 9.17) is 9.47 Å². The van der Waals surface area contributed by atoms with Crippen molar-refractivity contribution in [1.29, 1.82) is 0 Å². The van der Waals surface area contributed by atoms with Crippen LogP contribution in [0.15, 0.2) is 30.3 Å². The van der Waals surface area contributed by atoms with E-state index in [1.807, 2.05) is 30.3 Å². The van der Waals surface area contributed by atoms with Crippen molar-refractivity contribution in [1.82, 2.24) is 5.32 Å². The number of esters is 1. The lowest BCUT2D eigenvalue weighted by atomic mass is 9.93. The molecule has 2 rings (SSSR count). The lowest BCUT2D eigenvalue weighted by molar-refractivity contribution is -0.806. The van der Waals surface area contributed by atoms with Gasteiger partial charge >= 0.3 is 23.9 Å². The van der Waals surface area contributed by atoms with Crippen molar-refractivity contribution in [3.63, 3.8) is 0 Å². The Morgan fingerprint density at radius 3 is 2.38 bits per heavy atom. The van der Waals surface area contributed by atoms with Crippen molar-refractivity contribution < 1.29 is 38.2 Å². The summed E-state index contributed by atoms with van der Waals surface area (Å²) in [6, 6.07) is 7.95. The lowest BCUT2D eigenvalue weighted by Gasteiger charge is -2.42. The quantitative estimate of drug-likeness (QED) is 0.236. The van der Waals surface area contributed by atoms with Crippen LogP contribution < -0.4 is 5.32 Å². The molecule has 2 N–H and O–H groups in total. The summed E-state index contributed by atoms with van der Waals surface area (Å²) in [5.74, 6) is -3.33. The fraction of sp³-hybridized carbons (Fsp3) is 0.643. The van der Waals surface area contributed by atoms with Gasteiger partial charge in [0.2, 0.25) is 6.04 Å². The number of nitrogens with one attached hydrogen (secondary N) is 1. The second-order valence-electron chi connectivity index (χ2n) is 10.7. The van der Waals surface area contributed by atoms with Crippen LogP contribution in [-0.4, -0.2) is 64.8 Å². The Balaban J connectivity index is 2.39. The van der Waals surface area contributed by atoms with Crippen molar-refractivity contribution in [3.8, 4) is 0 Å². The van der Waals surface area contributed by atoms with Crippen LogP contribution in [0.1, 0.15) is 78.2 Å². The van der Waals surface area contributed by atoms with E-state index >= 15 is 0 Å². The van der Waals surface area contributed by atoms with Gasteiger partial charge in [-0.3, -0.25) is 4.79 Å². The number of nitrogens with zero attached hydrogens (tertiary/aromatic N) is 1. The number of carboxylic acid groups (broad SMARTS) is 1. The molecule has 0 aromatic heterocycles. The summed E-state index contributed by atoms with van der Waals surface area (Å²) in [7, 11) is 0. The Morgan fingerprint density at radius 2 is 1.76 bits per heavy atom. The Kier molecular flexibility index (Phi) is 11.7. The topological polar surface area (TPSA) is 119 Å². The van der Waals surface area contributed by atoms with Gasteiger partial charge in [-0.2, -0.15) is 4.79 Å². The van der Waals surface area contributed by atoms with Crippen LogP contribution in [0, 0.1) is 5.92 Å². The van der Waals surface area contributed by atoms with Crippen molar-refractivity contribution in [2.75, 3.05) is 19.6 Å². The van der Waals surface area contributed by atoms with E-state index in [2.05, 4.69) is 12.2 Å². The highest BCUT2D eigenvalue weighted by atomic mass is 16.6. The molecule has 3 atom stereocenters. The van der Waals surface area contributed by atoms with Gasteiger partial charge in [0.05, 0.1) is 18.9 Å². The molecule has 1 unspecified atom stereocenters. The van der Waals surface area contributed by atoms with Crippen molar-refractivity contribution in [3.05, 3.63) is 35.9 Å². The summed E-state index contributed by atoms with van der Waals surface area (Å²) in [4.78, 5) is 53.0. The smallest absolute Gasteiger partial charge is 0.481 e. The van der Waals surface area contributed by atoms with Crippen LogP contribution >= 0.6 is 0 Å². The maximum absolute atomic E-state index is 14.2. The number of carbonyl (C=O) groups is 4. The highest BCUT2D eigenvalue weighted by Crippen LogP contribution is 2.30. The zero-order chi connectivity index (χ0) is 27.5. The van der Waals surface area contributed by atoms with Gasteiger partial charge in [-0.1, -0.05) is 69.4 Å². The summed E-state index contributed by atoms with van der Waals surface area (Å²) in [5, 5.41) is 12.7. The average molecular weight is 520 g/mol. The molecule has 2 amide bonds. The highest BCUT2D eigenvalue weighted by molar-refractivity contribution is 5.90. The molecule has 1 fully saturated rings. The Hall–Kier alpha value is -2.78. The molecule has 0 bridgehead atoms. The van der Waals surface area contributed by atoms with Crippen LogP contribution in [-0.2, 0) is 30.5 Å². The molecule has 0 spiro atoms. The van der Waals surface area contributed by atoms with Gasteiger partial charge in [0, 0.05) is 6.54 Å². The van der Waals surface area contributed by atoms with E-state index in [9.17, 15) is 24.3 Å². The SMILES string of the molecule is CCCCCCC[C@H](CC(=O)O)C(=O)[N@+]1(C(=O)OC(C)(C)C)CCNCC1C(=O)OCc1ccccc1. The number of unbranched alkanes of at least 4 members (excludes halogenated alkanes) is 4. The first kappa shape index (κ1) is 30.4. The van der Waals surface area contributed by atoms with Crippen LogP contribution in [0.4, 0.5) is 4.79 Å². The van der Waals surface area contributed by atoms with E-state index < -0.39 is 52.4 Å². The number of quaternary nitrogens is 1. The molecule has 1 aliphatic rings. The summed E-state index contributed by atoms with van der Waals surface area (Å²) in [6.07, 6.45) is 3.74. The normalized spacial score (nSPS) is 20.6. The summed E-state index contributed by atoms with van der Waals surface area (Å²) in [6.45, 7) is 7.49. The third kappa shape index (κ3) is 8.93. The second-order valence-corrected chi connectivity index (χ2v) is 10.7. The molecule has 206 valence electrons. The molecule has 9 heteroatoms. The molecule has 1 aromatic rings. The third-order valence-electron chi connectivity index (χ3n) is 6.55. The zero-order valence-electron chi connectivity index (χ0n) is 22.7. The minimum atomic E-state index is -1.18. The first-order chi connectivity index (χ1) is 17.5. The van der Waals surface area contributed by atoms with E-state index in [1.54, 1.807) is 20.8 Å². The van der Waals surface area contributed by atoms with E-state index in [0.29, 0.717) is 19.4 Å². The number of rotatable bonds is 12. The number of piperazine rings is 1. The largest absolute Gasteiger partial charge is 0.524 e. The van der Waals surface area contributed by atoms with Gasteiger partial charge in [-0.05, 0) is 32.8 Å².